The minimum absolute atomic E-state index is 0.0712. The van der Waals surface area contributed by atoms with Crippen LogP contribution in [0.15, 0.2) is 59.0 Å². The van der Waals surface area contributed by atoms with Gasteiger partial charge in [0, 0.05) is 36.1 Å². The van der Waals surface area contributed by atoms with Gasteiger partial charge in [-0.3, -0.25) is 14.0 Å². The van der Waals surface area contributed by atoms with Crippen LogP contribution in [0.1, 0.15) is 36.0 Å². The summed E-state index contributed by atoms with van der Waals surface area (Å²) in [5.74, 6) is -0.353. The van der Waals surface area contributed by atoms with Crippen LogP contribution in [0.25, 0.3) is 5.65 Å². The molecule has 0 radical (unpaired) electrons. The van der Waals surface area contributed by atoms with Crippen LogP contribution in [0.3, 0.4) is 0 Å². The Morgan fingerprint density at radius 2 is 1.85 bits per heavy atom. The SMILES string of the molecule is O=C(NC1CCC(Sc2ncccn2)CC1)c1cnc2ccccn2c1=O. The molecule has 0 spiro atoms. The molecule has 138 valence electrons. The van der Waals surface area contributed by atoms with Gasteiger partial charge < -0.3 is 5.32 Å². The standard InChI is InChI=1S/C19H19N5O2S/c25-17(15-12-22-16-4-1-2-11-24(16)18(15)26)23-13-5-7-14(8-6-13)27-19-20-9-3-10-21-19/h1-4,9-14H,5-8H2,(H,23,25). The Hall–Kier alpha value is -2.74. The third kappa shape index (κ3) is 4.00. The Morgan fingerprint density at radius 3 is 2.63 bits per heavy atom. The Bertz CT molecular complexity index is 1000. The van der Waals surface area contributed by atoms with E-state index in [4.69, 9.17) is 0 Å². The molecule has 1 fully saturated rings. The van der Waals surface area contributed by atoms with Crippen LogP contribution in [0.5, 0.6) is 0 Å². The molecule has 7 nitrogen and oxygen atoms in total. The van der Waals surface area contributed by atoms with Gasteiger partial charge >= 0.3 is 0 Å². The van der Waals surface area contributed by atoms with Crippen molar-refractivity contribution in [2.45, 2.75) is 42.1 Å². The molecule has 1 amide bonds. The lowest BCUT2D eigenvalue weighted by molar-refractivity contribution is 0.0926. The molecule has 1 N–H and O–H groups in total. The minimum atomic E-state index is -0.353. The summed E-state index contributed by atoms with van der Waals surface area (Å²) >= 11 is 1.69. The predicted molar refractivity (Wildman–Crippen MR) is 103 cm³/mol. The van der Waals surface area contributed by atoms with Crippen LogP contribution < -0.4 is 10.9 Å². The van der Waals surface area contributed by atoms with Crippen molar-refractivity contribution in [2.75, 3.05) is 0 Å². The number of fused-ring (bicyclic) bond motifs is 1. The van der Waals surface area contributed by atoms with Crippen molar-refractivity contribution in [3.05, 3.63) is 65.0 Å². The molecule has 0 aliphatic heterocycles. The van der Waals surface area contributed by atoms with E-state index >= 15 is 0 Å². The number of nitrogens with one attached hydrogen (secondary N) is 1. The second-order valence-corrected chi connectivity index (χ2v) is 7.77. The number of carbonyl (C=O) groups is 1. The van der Waals surface area contributed by atoms with Gasteiger partial charge in [0.1, 0.15) is 11.2 Å². The van der Waals surface area contributed by atoms with E-state index in [2.05, 4.69) is 20.3 Å². The fourth-order valence-corrected chi connectivity index (χ4v) is 4.32. The topological polar surface area (TPSA) is 89.2 Å². The molecule has 8 heteroatoms. The van der Waals surface area contributed by atoms with E-state index < -0.39 is 0 Å². The van der Waals surface area contributed by atoms with Crippen molar-refractivity contribution in [2.24, 2.45) is 0 Å². The summed E-state index contributed by atoms with van der Waals surface area (Å²) in [6, 6.07) is 7.16. The fraction of sp³-hybridized carbons (Fsp3) is 0.316. The van der Waals surface area contributed by atoms with Gasteiger partial charge in [0.15, 0.2) is 5.16 Å². The van der Waals surface area contributed by atoms with Crippen LogP contribution in [0.4, 0.5) is 0 Å². The average molecular weight is 381 g/mol. The molecule has 1 aliphatic rings. The van der Waals surface area contributed by atoms with Crippen molar-refractivity contribution >= 4 is 23.3 Å². The van der Waals surface area contributed by atoms with E-state index in [1.54, 1.807) is 54.6 Å². The molecule has 0 aromatic carbocycles. The van der Waals surface area contributed by atoms with Crippen LogP contribution >= 0.6 is 11.8 Å². The molecule has 0 bridgehead atoms. The van der Waals surface area contributed by atoms with E-state index in [9.17, 15) is 9.59 Å². The summed E-state index contributed by atoms with van der Waals surface area (Å²) in [5, 5.41) is 4.24. The first-order valence-corrected chi connectivity index (χ1v) is 9.79. The Kier molecular flexibility index (Phi) is 5.15. The summed E-state index contributed by atoms with van der Waals surface area (Å²) in [4.78, 5) is 37.8. The maximum atomic E-state index is 12.6. The maximum Gasteiger partial charge on any atom is 0.270 e. The normalized spacial score (nSPS) is 19.7. The highest BCUT2D eigenvalue weighted by Crippen LogP contribution is 2.31. The molecule has 1 saturated carbocycles. The van der Waals surface area contributed by atoms with Crippen LogP contribution in [-0.2, 0) is 0 Å². The molecule has 0 unspecified atom stereocenters. The number of hydrogen-bond donors (Lipinski definition) is 1. The van der Waals surface area contributed by atoms with Crippen LogP contribution in [-0.4, -0.2) is 36.6 Å². The van der Waals surface area contributed by atoms with Crippen molar-refractivity contribution < 1.29 is 4.79 Å². The summed E-state index contributed by atoms with van der Waals surface area (Å²) < 4.78 is 1.39. The lowest BCUT2D eigenvalue weighted by atomic mass is 9.95. The largest absolute Gasteiger partial charge is 0.349 e. The van der Waals surface area contributed by atoms with Crippen LogP contribution in [0, 0.1) is 0 Å². The zero-order chi connectivity index (χ0) is 18.6. The zero-order valence-corrected chi connectivity index (χ0v) is 15.4. The second kappa shape index (κ2) is 7.87. The van der Waals surface area contributed by atoms with E-state index in [0.29, 0.717) is 10.9 Å². The number of thioether (sulfide) groups is 1. The Labute approximate surface area is 160 Å². The fourth-order valence-electron chi connectivity index (χ4n) is 3.27. The lowest BCUT2D eigenvalue weighted by Gasteiger charge is -2.28. The Morgan fingerprint density at radius 1 is 1.07 bits per heavy atom. The molecule has 1 aliphatic carbocycles. The average Bonchev–Trinajstić information content (AvgIpc) is 2.71. The number of aromatic nitrogens is 4. The molecule has 0 saturated heterocycles. The van der Waals surface area contributed by atoms with Gasteiger partial charge in [0.25, 0.3) is 11.5 Å². The molecular formula is C19H19N5O2S. The third-order valence-electron chi connectivity index (χ3n) is 4.68. The summed E-state index contributed by atoms with van der Waals surface area (Å²) in [6.45, 7) is 0. The lowest BCUT2D eigenvalue weighted by Crippen LogP contribution is -2.40. The van der Waals surface area contributed by atoms with Gasteiger partial charge in [-0.15, -0.1) is 0 Å². The monoisotopic (exact) mass is 381 g/mol. The summed E-state index contributed by atoms with van der Waals surface area (Å²) in [6.07, 6.45) is 10.2. The predicted octanol–water partition coefficient (Wildman–Crippen LogP) is 2.32. The van der Waals surface area contributed by atoms with Gasteiger partial charge in [-0.1, -0.05) is 17.8 Å². The van der Waals surface area contributed by atoms with E-state index in [0.717, 1.165) is 30.8 Å². The van der Waals surface area contributed by atoms with E-state index in [1.807, 2.05) is 0 Å². The molecule has 27 heavy (non-hydrogen) atoms. The molecule has 4 rings (SSSR count). The quantitative estimate of drug-likeness (QED) is 0.698. The van der Waals surface area contributed by atoms with Crippen molar-refractivity contribution in [1.82, 2.24) is 24.7 Å². The number of amides is 1. The highest BCUT2D eigenvalue weighted by molar-refractivity contribution is 7.99. The van der Waals surface area contributed by atoms with Gasteiger partial charge in [-0.2, -0.15) is 0 Å². The smallest absolute Gasteiger partial charge is 0.270 e. The number of hydrogen-bond acceptors (Lipinski definition) is 6. The van der Waals surface area contributed by atoms with Gasteiger partial charge in [0.05, 0.1) is 0 Å². The summed E-state index contributed by atoms with van der Waals surface area (Å²) in [7, 11) is 0. The summed E-state index contributed by atoms with van der Waals surface area (Å²) in [5.41, 5.74) is 0.260. The number of carbonyl (C=O) groups excluding carboxylic acids is 1. The third-order valence-corrected chi connectivity index (χ3v) is 5.91. The van der Waals surface area contributed by atoms with Gasteiger partial charge in [-0.05, 0) is 43.9 Å². The molecule has 3 heterocycles. The zero-order valence-electron chi connectivity index (χ0n) is 14.6. The van der Waals surface area contributed by atoms with Crippen molar-refractivity contribution in [1.29, 1.82) is 0 Å². The molecular weight excluding hydrogens is 362 g/mol. The second-order valence-electron chi connectivity index (χ2n) is 6.50. The van der Waals surface area contributed by atoms with Gasteiger partial charge in [0.2, 0.25) is 0 Å². The molecule has 3 aromatic heterocycles. The Balaban J connectivity index is 1.37. The first kappa shape index (κ1) is 17.7. The first-order valence-electron chi connectivity index (χ1n) is 8.91. The van der Waals surface area contributed by atoms with Crippen LogP contribution in [0.2, 0.25) is 0 Å². The minimum Gasteiger partial charge on any atom is -0.349 e. The number of nitrogens with zero attached hydrogens (tertiary/aromatic N) is 4. The highest BCUT2D eigenvalue weighted by atomic mass is 32.2. The molecule has 3 aromatic rings. The van der Waals surface area contributed by atoms with Crippen molar-refractivity contribution in [3.63, 3.8) is 0 Å². The van der Waals surface area contributed by atoms with Gasteiger partial charge in [-0.25, -0.2) is 15.0 Å². The van der Waals surface area contributed by atoms with Crippen molar-refractivity contribution in [3.8, 4) is 0 Å². The highest BCUT2D eigenvalue weighted by Gasteiger charge is 2.25. The first-order chi connectivity index (χ1) is 13.2. The number of rotatable bonds is 4. The van der Waals surface area contributed by atoms with E-state index in [1.165, 1.54) is 10.6 Å². The number of pyridine rings is 1. The van der Waals surface area contributed by atoms with E-state index in [-0.39, 0.29) is 23.1 Å². The molecule has 0 atom stereocenters. The maximum absolute atomic E-state index is 12.6.